The minimum Gasteiger partial charge on any atom is -0.379 e. The van der Waals surface area contributed by atoms with Gasteiger partial charge in [0.2, 0.25) is 0 Å². The van der Waals surface area contributed by atoms with Gasteiger partial charge in [-0.3, -0.25) is 9.89 Å². The van der Waals surface area contributed by atoms with E-state index >= 15 is 0 Å². The summed E-state index contributed by atoms with van der Waals surface area (Å²) < 4.78 is 11.1. The maximum atomic E-state index is 5.79. The zero-order chi connectivity index (χ0) is 21.7. The second-order valence-electron chi connectivity index (χ2n) is 8.51. The van der Waals surface area contributed by atoms with Gasteiger partial charge < -0.3 is 25.0 Å². The van der Waals surface area contributed by atoms with Crippen molar-refractivity contribution in [3.8, 4) is 0 Å². The van der Waals surface area contributed by atoms with E-state index in [1.165, 1.54) is 24.2 Å². The van der Waals surface area contributed by atoms with Gasteiger partial charge in [-0.25, -0.2) is 0 Å². The Morgan fingerprint density at radius 2 is 1.94 bits per heavy atom. The van der Waals surface area contributed by atoms with Crippen LogP contribution in [0.15, 0.2) is 29.3 Å². The molecule has 0 aliphatic carbocycles. The first kappa shape index (κ1) is 23.8. The molecule has 2 N–H and O–H groups in total. The third kappa shape index (κ3) is 8.67. The van der Waals surface area contributed by atoms with Crippen LogP contribution in [0.25, 0.3) is 0 Å². The highest BCUT2D eigenvalue weighted by Gasteiger charge is 2.17. The summed E-state index contributed by atoms with van der Waals surface area (Å²) in [7, 11) is 1.83. The van der Waals surface area contributed by atoms with Crippen molar-refractivity contribution in [3.05, 3.63) is 29.8 Å². The maximum Gasteiger partial charge on any atom is 0.190 e. The SMILES string of the molecule is CN=C(NCCCCN1CCN(c2cccc(C)c2)CC1)NCCCOC1CCOC1. The van der Waals surface area contributed by atoms with E-state index in [2.05, 4.69) is 56.6 Å². The fourth-order valence-corrected chi connectivity index (χ4v) is 4.12. The fraction of sp³-hybridized carbons (Fsp3) is 0.708. The van der Waals surface area contributed by atoms with Gasteiger partial charge in [-0.05, 0) is 56.8 Å². The lowest BCUT2D eigenvalue weighted by Crippen LogP contribution is -2.46. The number of piperazine rings is 1. The molecular formula is C24H41N5O2. The lowest BCUT2D eigenvalue weighted by Gasteiger charge is -2.36. The monoisotopic (exact) mass is 431 g/mol. The molecule has 0 saturated carbocycles. The van der Waals surface area contributed by atoms with E-state index in [1.54, 1.807) is 0 Å². The van der Waals surface area contributed by atoms with Crippen LogP contribution >= 0.6 is 0 Å². The topological polar surface area (TPSA) is 61.4 Å². The Labute approximate surface area is 188 Å². The van der Waals surface area contributed by atoms with E-state index in [0.29, 0.717) is 6.10 Å². The first-order chi connectivity index (χ1) is 15.2. The molecule has 0 bridgehead atoms. The molecule has 1 aromatic rings. The van der Waals surface area contributed by atoms with Gasteiger partial charge in [-0.2, -0.15) is 0 Å². The van der Waals surface area contributed by atoms with Gasteiger partial charge in [0.1, 0.15) is 0 Å². The Balaban J connectivity index is 1.18. The Morgan fingerprint density at radius 1 is 1.13 bits per heavy atom. The third-order valence-corrected chi connectivity index (χ3v) is 6.01. The number of aliphatic imine (C=N–C) groups is 1. The lowest BCUT2D eigenvalue weighted by molar-refractivity contribution is 0.0420. The van der Waals surface area contributed by atoms with Crippen molar-refractivity contribution in [1.82, 2.24) is 15.5 Å². The van der Waals surface area contributed by atoms with E-state index in [4.69, 9.17) is 9.47 Å². The van der Waals surface area contributed by atoms with E-state index < -0.39 is 0 Å². The number of aryl methyl sites for hydroxylation is 1. The van der Waals surface area contributed by atoms with Crippen molar-refractivity contribution in [2.24, 2.45) is 4.99 Å². The normalized spacial score (nSPS) is 20.3. The van der Waals surface area contributed by atoms with E-state index in [9.17, 15) is 0 Å². The Hall–Kier alpha value is -1.83. The first-order valence-corrected chi connectivity index (χ1v) is 11.9. The van der Waals surface area contributed by atoms with Gasteiger partial charge in [0.05, 0.1) is 12.7 Å². The van der Waals surface area contributed by atoms with Crippen LogP contribution in [0, 0.1) is 6.92 Å². The minimum absolute atomic E-state index is 0.294. The largest absolute Gasteiger partial charge is 0.379 e. The summed E-state index contributed by atoms with van der Waals surface area (Å²) in [5.74, 6) is 0.885. The van der Waals surface area contributed by atoms with Crippen molar-refractivity contribution in [1.29, 1.82) is 0 Å². The minimum atomic E-state index is 0.294. The molecule has 2 heterocycles. The summed E-state index contributed by atoms with van der Waals surface area (Å²) in [6, 6.07) is 8.85. The molecule has 2 aliphatic heterocycles. The average Bonchev–Trinajstić information content (AvgIpc) is 3.31. The molecule has 0 spiro atoms. The molecule has 2 saturated heterocycles. The highest BCUT2D eigenvalue weighted by atomic mass is 16.5. The molecule has 31 heavy (non-hydrogen) atoms. The van der Waals surface area contributed by atoms with Crippen molar-refractivity contribution < 1.29 is 9.47 Å². The zero-order valence-corrected chi connectivity index (χ0v) is 19.4. The van der Waals surface area contributed by atoms with Gasteiger partial charge in [0, 0.05) is 65.2 Å². The van der Waals surface area contributed by atoms with Gasteiger partial charge in [-0.1, -0.05) is 12.1 Å². The van der Waals surface area contributed by atoms with Crippen LogP contribution in [0.1, 0.15) is 31.2 Å². The Bertz CT molecular complexity index is 655. The van der Waals surface area contributed by atoms with Gasteiger partial charge in [0.25, 0.3) is 0 Å². The average molecular weight is 432 g/mol. The van der Waals surface area contributed by atoms with Crippen LogP contribution in [0.4, 0.5) is 5.69 Å². The van der Waals surface area contributed by atoms with E-state index in [0.717, 1.165) is 84.3 Å². The summed E-state index contributed by atoms with van der Waals surface area (Å²) in [6.07, 6.45) is 4.67. The second-order valence-corrected chi connectivity index (χ2v) is 8.51. The number of nitrogens with one attached hydrogen (secondary N) is 2. The molecule has 7 heteroatoms. The summed E-state index contributed by atoms with van der Waals surface area (Å²) in [4.78, 5) is 9.41. The maximum absolute atomic E-state index is 5.79. The number of ether oxygens (including phenoxy) is 2. The molecule has 1 atom stereocenters. The fourth-order valence-electron chi connectivity index (χ4n) is 4.12. The highest BCUT2D eigenvalue weighted by Crippen LogP contribution is 2.17. The highest BCUT2D eigenvalue weighted by molar-refractivity contribution is 5.79. The standard InChI is InChI=1S/C24H41N5O2/c1-21-7-5-8-22(19-21)29-15-13-28(14-16-29)12-4-3-10-26-24(25-2)27-11-6-17-31-23-9-18-30-20-23/h5,7-8,19,23H,3-4,6,9-18,20H2,1-2H3,(H2,25,26,27). The number of unbranched alkanes of at least 4 members (excludes halogenated alkanes) is 1. The van der Waals surface area contributed by atoms with Crippen LogP contribution in [0.3, 0.4) is 0 Å². The molecule has 0 radical (unpaired) electrons. The zero-order valence-electron chi connectivity index (χ0n) is 19.4. The quantitative estimate of drug-likeness (QED) is 0.318. The molecule has 2 aliphatic rings. The van der Waals surface area contributed by atoms with E-state index in [-0.39, 0.29) is 0 Å². The van der Waals surface area contributed by atoms with Crippen molar-refractivity contribution >= 4 is 11.6 Å². The van der Waals surface area contributed by atoms with Crippen LogP contribution in [-0.4, -0.2) is 89.6 Å². The predicted octanol–water partition coefficient (Wildman–Crippen LogP) is 2.26. The van der Waals surface area contributed by atoms with Crippen LogP contribution in [0.5, 0.6) is 0 Å². The predicted molar refractivity (Wildman–Crippen MR) is 128 cm³/mol. The van der Waals surface area contributed by atoms with Crippen LogP contribution < -0.4 is 15.5 Å². The Kier molecular flexibility index (Phi) is 10.4. The molecule has 7 nitrogen and oxygen atoms in total. The molecule has 0 amide bonds. The number of anilines is 1. The van der Waals surface area contributed by atoms with Gasteiger partial charge in [0.15, 0.2) is 5.96 Å². The number of nitrogens with zero attached hydrogens (tertiary/aromatic N) is 3. The summed E-state index contributed by atoms with van der Waals surface area (Å²) >= 11 is 0. The number of guanidine groups is 1. The number of hydrogen-bond acceptors (Lipinski definition) is 5. The molecule has 0 aromatic heterocycles. The molecule has 1 unspecified atom stereocenters. The number of rotatable bonds is 11. The van der Waals surface area contributed by atoms with Gasteiger partial charge in [-0.15, -0.1) is 0 Å². The van der Waals surface area contributed by atoms with Gasteiger partial charge >= 0.3 is 0 Å². The molecule has 2 fully saturated rings. The van der Waals surface area contributed by atoms with Crippen LogP contribution in [-0.2, 0) is 9.47 Å². The molecular weight excluding hydrogens is 390 g/mol. The number of benzene rings is 1. The summed E-state index contributed by atoms with van der Waals surface area (Å²) in [5.41, 5.74) is 2.70. The summed E-state index contributed by atoms with van der Waals surface area (Å²) in [6.45, 7) is 12.1. The molecule has 174 valence electrons. The van der Waals surface area contributed by atoms with E-state index in [1.807, 2.05) is 7.05 Å². The summed E-state index contributed by atoms with van der Waals surface area (Å²) in [5, 5.41) is 6.80. The Morgan fingerprint density at radius 3 is 2.65 bits per heavy atom. The molecule has 1 aromatic carbocycles. The second kappa shape index (κ2) is 13.6. The first-order valence-electron chi connectivity index (χ1n) is 11.9. The third-order valence-electron chi connectivity index (χ3n) is 6.01. The number of hydrogen-bond donors (Lipinski definition) is 2. The van der Waals surface area contributed by atoms with Crippen LogP contribution in [0.2, 0.25) is 0 Å². The van der Waals surface area contributed by atoms with Crippen molar-refractivity contribution in [2.75, 3.05) is 77.6 Å². The van der Waals surface area contributed by atoms with Crippen molar-refractivity contribution in [2.45, 2.75) is 38.7 Å². The smallest absolute Gasteiger partial charge is 0.190 e. The molecule has 3 rings (SSSR count). The lowest BCUT2D eigenvalue weighted by atomic mass is 10.2. The van der Waals surface area contributed by atoms with Crippen molar-refractivity contribution in [3.63, 3.8) is 0 Å².